The molecule has 1 unspecified atom stereocenters. The molecule has 0 saturated heterocycles. The third kappa shape index (κ3) is 4.99. The minimum atomic E-state index is -0.414. The predicted molar refractivity (Wildman–Crippen MR) is 144 cm³/mol. The average molecular weight is 496 g/mol. The van der Waals surface area contributed by atoms with Gasteiger partial charge in [0.2, 0.25) is 0 Å². The molecule has 1 aliphatic carbocycles. The lowest BCUT2D eigenvalue weighted by Gasteiger charge is -2.23. The summed E-state index contributed by atoms with van der Waals surface area (Å²) in [7, 11) is 0. The standard InChI is InChI=1S/C30H30FN5O/c1-18-16-33-30(37)23-14-13-22(15-24(18)23)34-29-25(31)5-3-2-4-6-26(35-29)19-9-11-21(12-10-19)28-32-17-27(36-28)20-7-8-20/h3,5,9-15,17-18,20,34H,2,4,6-8,16H2,1H3,(H,32,36)(H,33,37)/b5-3-,29-25+,35-26+. The highest BCUT2D eigenvalue weighted by atomic mass is 19.1. The number of aliphatic imine (C=N–C) groups is 1. The van der Waals surface area contributed by atoms with Gasteiger partial charge in [-0.1, -0.05) is 37.3 Å². The number of carbonyl (C=O) groups excluding carboxylic acids is 1. The van der Waals surface area contributed by atoms with Crippen LogP contribution in [0.2, 0.25) is 0 Å². The summed E-state index contributed by atoms with van der Waals surface area (Å²) in [5, 5.41) is 6.09. The van der Waals surface area contributed by atoms with E-state index >= 15 is 4.39 Å². The van der Waals surface area contributed by atoms with E-state index in [1.54, 1.807) is 12.1 Å². The van der Waals surface area contributed by atoms with Gasteiger partial charge in [0, 0.05) is 41.2 Å². The topological polar surface area (TPSA) is 82.2 Å². The molecule has 0 bridgehead atoms. The number of aromatic nitrogens is 2. The quantitative estimate of drug-likeness (QED) is 0.374. The number of benzene rings is 2. The van der Waals surface area contributed by atoms with Crippen molar-refractivity contribution < 1.29 is 9.18 Å². The van der Waals surface area contributed by atoms with E-state index in [9.17, 15) is 4.79 Å². The Morgan fingerprint density at radius 3 is 2.70 bits per heavy atom. The van der Waals surface area contributed by atoms with Gasteiger partial charge in [-0.2, -0.15) is 0 Å². The van der Waals surface area contributed by atoms with E-state index in [2.05, 4.69) is 27.5 Å². The van der Waals surface area contributed by atoms with Crippen LogP contribution in [0.4, 0.5) is 10.1 Å². The molecular formula is C30H30FN5O. The maximum atomic E-state index is 15.2. The van der Waals surface area contributed by atoms with Gasteiger partial charge in [-0.25, -0.2) is 14.4 Å². The molecule has 3 aromatic rings. The van der Waals surface area contributed by atoms with Gasteiger partial charge < -0.3 is 15.6 Å². The first-order valence-corrected chi connectivity index (χ1v) is 13.0. The fourth-order valence-electron chi connectivity index (χ4n) is 4.94. The van der Waals surface area contributed by atoms with Gasteiger partial charge in [-0.05, 0) is 73.4 Å². The molecule has 3 aliphatic rings. The van der Waals surface area contributed by atoms with E-state index in [-0.39, 0.29) is 17.6 Å². The first-order chi connectivity index (χ1) is 18.0. The molecular weight excluding hydrogens is 465 g/mol. The third-order valence-corrected chi connectivity index (χ3v) is 7.28. The van der Waals surface area contributed by atoms with Crippen molar-refractivity contribution >= 4 is 17.3 Å². The number of rotatable bonds is 5. The van der Waals surface area contributed by atoms with Gasteiger partial charge in [0.05, 0.1) is 5.71 Å². The molecule has 0 spiro atoms. The minimum Gasteiger partial charge on any atom is -0.351 e. The lowest BCUT2D eigenvalue weighted by Crippen LogP contribution is -2.33. The lowest BCUT2D eigenvalue weighted by atomic mass is 9.91. The van der Waals surface area contributed by atoms with Gasteiger partial charge in [0.25, 0.3) is 5.91 Å². The molecule has 1 fully saturated rings. The maximum absolute atomic E-state index is 15.2. The number of nitrogens with one attached hydrogen (secondary N) is 3. The van der Waals surface area contributed by atoms with Crippen LogP contribution in [-0.2, 0) is 0 Å². The third-order valence-electron chi connectivity index (χ3n) is 7.28. The number of hydrogen-bond acceptors (Lipinski definition) is 4. The summed E-state index contributed by atoms with van der Waals surface area (Å²) in [5.74, 6) is 1.37. The van der Waals surface area contributed by atoms with Crippen LogP contribution in [0.1, 0.15) is 78.0 Å². The fourth-order valence-corrected chi connectivity index (χ4v) is 4.94. The summed E-state index contributed by atoms with van der Waals surface area (Å²) in [4.78, 5) is 25.0. The first-order valence-electron chi connectivity index (χ1n) is 13.0. The molecule has 7 heteroatoms. The van der Waals surface area contributed by atoms with E-state index in [0.29, 0.717) is 23.7 Å². The maximum Gasteiger partial charge on any atom is 0.251 e. The van der Waals surface area contributed by atoms with Crippen molar-refractivity contribution in [3.8, 4) is 11.4 Å². The first kappa shape index (κ1) is 23.4. The molecule has 1 atom stereocenters. The summed E-state index contributed by atoms with van der Waals surface area (Å²) >= 11 is 0. The van der Waals surface area contributed by atoms with Gasteiger partial charge in [-0.3, -0.25) is 4.79 Å². The summed E-state index contributed by atoms with van der Waals surface area (Å²) in [6.45, 7) is 2.66. The Kier molecular flexibility index (Phi) is 6.20. The molecule has 3 N–H and O–H groups in total. The summed E-state index contributed by atoms with van der Waals surface area (Å²) < 4.78 is 15.2. The highest BCUT2D eigenvalue weighted by Crippen LogP contribution is 2.39. The number of hydrogen-bond donors (Lipinski definition) is 3. The Morgan fingerprint density at radius 1 is 1.08 bits per heavy atom. The average Bonchev–Trinajstić information content (AvgIpc) is 3.63. The van der Waals surface area contributed by atoms with Crippen molar-refractivity contribution in [1.29, 1.82) is 0 Å². The van der Waals surface area contributed by atoms with Gasteiger partial charge >= 0.3 is 0 Å². The predicted octanol–water partition coefficient (Wildman–Crippen LogP) is 6.58. The fraction of sp³-hybridized carbons (Fsp3) is 0.300. The molecule has 2 aliphatic heterocycles. The summed E-state index contributed by atoms with van der Waals surface area (Å²) in [6.07, 6.45) is 10.1. The molecule has 2 aromatic carbocycles. The highest BCUT2D eigenvalue weighted by Gasteiger charge is 2.26. The normalized spacial score (nSPS) is 24.1. The van der Waals surface area contributed by atoms with Crippen LogP contribution in [0.5, 0.6) is 0 Å². The SMILES string of the molecule is CC1CNC(=O)c2ccc(NC3=C(F)/C=C\CCC/C(c4ccc(-c5ncc(C6CC6)[nH]5)cc4)=N\3)cc21. The number of aromatic amines is 1. The monoisotopic (exact) mass is 495 g/mol. The van der Waals surface area contributed by atoms with Crippen molar-refractivity contribution in [3.63, 3.8) is 0 Å². The number of allylic oxidation sites excluding steroid dienone is 3. The van der Waals surface area contributed by atoms with Crippen LogP contribution in [-0.4, -0.2) is 28.1 Å². The van der Waals surface area contributed by atoms with Gasteiger partial charge in [0.1, 0.15) is 5.82 Å². The Bertz CT molecular complexity index is 1430. The second kappa shape index (κ2) is 9.81. The van der Waals surface area contributed by atoms with E-state index < -0.39 is 5.83 Å². The molecule has 37 heavy (non-hydrogen) atoms. The van der Waals surface area contributed by atoms with E-state index in [0.717, 1.165) is 47.5 Å². The zero-order valence-corrected chi connectivity index (χ0v) is 20.9. The molecule has 188 valence electrons. The van der Waals surface area contributed by atoms with Crippen molar-refractivity contribution in [2.24, 2.45) is 4.99 Å². The van der Waals surface area contributed by atoms with Crippen LogP contribution in [0.15, 0.2) is 77.5 Å². The Hall–Kier alpha value is -4.00. The number of anilines is 1. The smallest absolute Gasteiger partial charge is 0.251 e. The zero-order chi connectivity index (χ0) is 25.4. The minimum absolute atomic E-state index is 0.0718. The Morgan fingerprint density at radius 2 is 1.89 bits per heavy atom. The lowest BCUT2D eigenvalue weighted by molar-refractivity contribution is 0.0941. The molecule has 1 amide bonds. The molecule has 6 rings (SSSR count). The van der Waals surface area contributed by atoms with Crippen molar-refractivity contribution in [1.82, 2.24) is 15.3 Å². The highest BCUT2D eigenvalue weighted by molar-refractivity contribution is 6.02. The van der Waals surface area contributed by atoms with Crippen LogP contribution >= 0.6 is 0 Å². The van der Waals surface area contributed by atoms with Crippen molar-refractivity contribution in [2.75, 3.05) is 11.9 Å². The molecule has 0 radical (unpaired) electrons. The van der Waals surface area contributed by atoms with Crippen molar-refractivity contribution in [2.45, 2.75) is 50.9 Å². The molecule has 1 saturated carbocycles. The zero-order valence-electron chi connectivity index (χ0n) is 20.9. The van der Waals surface area contributed by atoms with E-state index in [1.807, 2.05) is 42.6 Å². The van der Waals surface area contributed by atoms with Crippen molar-refractivity contribution in [3.05, 3.63) is 94.8 Å². The number of halogens is 1. The van der Waals surface area contributed by atoms with Crippen LogP contribution in [0.3, 0.4) is 0 Å². The van der Waals surface area contributed by atoms with Crippen LogP contribution in [0, 0.1) is 0 Å². The number of fused-ring (bicyclic) bond motifs is 1. The van der Waals surface area contributed by atoms with Gasteiger partial charge in [-0.15, -0.1) is 0 Å². The number of imidazole rings is 1. The number of H-pyrrole nitrogens is 1. The molecule has 3 heterocycles. The number of amides is 1. The summed E-state index contributed by atoms with van der Waals surface area (Å²) in [6, 6.07) is 13.7. The summed E-state index contributed by atoms with van der Waals surface area (Å²) in [5.41, 5.74) is 6.35. The Labute approximate surface area is 215 Å². The van der Waals surface area contributed by atoms with Crippen LogP contribution in [0.25, 0.3) is 11.4 Å². The van der Waals surface area contributed by atoms with Crippen LogP contribution < -0.4 is 10.6 Å². The second-order valence-electron chi connectivity index (χ2n) is 10.1. The second-order valence-corrected chi connectivity index (χ2v) is 10.1. The largest absolute Gasteiger partial charge is 0.351 e. The molecule has 1 aromatic heterocycles. The van der Waals surface area contributed by atoms with E-state index in [4.69, 9.17) is 4.99 Å². The van der Waals surface area contributed by atoms with Gasteiger partial charge in [0.15, 0.2) is 11.6 Å². The number of nitrogens with zero attached hydrogens (tertiary/aromatic N) is 2. The molecule has 6 nitrogen and oxygen atoms in total. The van der Waals surface area contributed by atoms with E-state index in [1.165, 1.54) is 24.6 Å². The number of carbonyl (C=O) groups is 1. The Balaban J connectivity index is 1.29.